The predicted octanol–water partition coefficient (Wildman–Crippen LogP) is 2.10. The molecular formula is C17H25ClN2O3. The van der Waals surface area contributed by atoms with Gasteiger partial charge in [-0.25, -0.2) is 0 Å². The lowest BCUT2D eigenvalue weighted by Crippen LogP contribution is -2.49. The lowest BCUT2D eigenvalue weighted by molar-refractivity contribution is -0.135. The van der Waals surface area contributed by atoms with E-state index in [0.717, 1.165) is 37.1 Å². The van der Waals surface area contributed by atoms with Crippen molar-refractivity contribution in [2.45, 2.75) is 25.3 Å². The third-order valence-electron chi connectivity index (χ3n) is 4.25. The van der Waals surface area contributed by atoms with Gasteiger partial charge in [0.25, 0.3) is 0 Å². The van der Waals surface area contributed by atoms with Crippen molar-refractivity contribution in [1.29, 1.82) is 0 Å². The highest BCUT2D eigenvalue weighted by Gasteiger charge is 2.27. The van der Waals surface area contributed by atoms with Crippen molar-refractivity contribution >= 4 is 17.5 Å². The Hall–Kier alpha value is -1.30. The van der Waals surface area contributed by atoms with Crippen LogP contribution in [-0.4, -0.2) is 50.8 Å². The van der Waals surface area contributed by atoms with Crippen LogP contribution in [0.5, 0.6) is 5.75 Å². The molecule has 128 valence electrons. The molecule has 1 fully saturated rings. The van der Waals surface area contributed by atoms with Gasteiger partial charge in [-0.05, 0) is 48.9 Å². The second-order valence-corrected chi connectivity index (χ2v) is 6.45. The largest absolute Gasteiger partial charge is 0.496 e. The maximum absolute atomic E-state index is 12.3. The zero-order valence-corrected chi connectivity index (χ0v) is 14.5. The van der Waals surface area contributed by atoms with Crippen LogP contribution in [0.25, 0.3) is 0 Å². The Kier molecular flexibility index (Phi) is 6.69. The van der Waals surface area contributed by atoms with Gasteiger partial charge in [-0.2, -0.15) is 0 Å². The molecule has 1 saturated heterocycles. The summed E-state index contributed by atoms with van der Waals surface area (Å²) in [6, 6.07) is 5.07. The summed E-state index contributed by atoms with van der Waals surface area (Å²) in [6.45, 7) is 1.73. The number of carbonyl (C=O) groups is 1. The zero-order valence-electron chi connectivity index (χ0n) is 13.8. The van der Waals surface area contributed by atoms with Crippen molar-refractivity contribution in [3.63, 3.8) is 0 Å². The number of rotatable bonds is 6. The van der Waals surface area contributed by atoms with E-state index in [-0.39, 0.29) is 12.5 Å². The summed E-state index contributed by atoms with van der Waals surface area (Å²) < 4.78 is 10.4. The van der Waals surface area contributed by atoms with Gasteiger partial charge in [-0.3, -0.25) is 4.79 Å². The van der Waals surface area contributed by atoms with Gasteiger partial charge in [0, 0.05) is 25.2 Å². The number of hydrogen-bond acceptors (Lipinski definition) is 4. The number of methoxy groups -OCH3 is 2. The van der Waals surface area contributed by atoms with Crippen LogP contribution in [-0.2, 0) is 16.0 Å². The third-order valence-corrected chi connectivity index (χ3v) is 4.48. The van der Waals surface area contributed by atoms with E-state index < -0.39 is 6.04 Å². The van der Waals surface area contributed by atoms with Gasteiger partial charge in [-0.15, -0.1) is 0 Å². The Labute approximate surface area is 142 Å². The van der Waals surface area contributed by atoms with Crippen molar-refractivity contribution in [2.24, 2.45) is 11.7 Å². The van der Waals surface area contributed by atoms with Gasteiger partial charge < -0.3 is 20.1 Å². The fourth-order valence-electron chi connectivity index (χ4n) is 3.13. The molecule has 1 aliphatic heterocycles. The third kappa shape index (κ3) is 4.83. The molecule has 5 nitrogen and oxygen atoms in total. The first-order chi connectivity index (χ1) is 11.0. The Bertz CT molecular complexity index is 539. The molecule has 1 aromatic rings. The lowest BCUT2D eigenvalue weighted by atomic mass is 9.90. The number of carbonyl (C=O) groups excluding carboxylic acids is 1. The van der Waals surface area contributed by atoms with Crippen LogP contribution in [0.1, 0.15) is 18.4 Å². The first kappa shape index (κ1) is 18.0. The summed E-state index contributed by atoms with van der Waals surface area (Å²) in [7, 11) is 3.21. The quantitative estimate of drug-likeness (QED) is 0.861. The summed E-state index contributed by atoms with van der Waals surface area (Å²) >= 11 is 6.10. The number of benzene rings is 1. The van der Waals surface area contributed by atoms with E-state index in [1.807, 2.05) is 23.1 Å². The number of piperidine rings is 1. The summed E-state index contributed by atoms with van der Waals surface area (Å²) in [4.78, 5) is 14.2. The maximum Gasteiger partial charge on any atom is 0.241 e. The van der Waals surface area contributed by atoms with E-state index in [9.17, 15) is 4.79 Å². The first-order valence-electron chi connectivity index (χ1n) is 7.91. The average molecular weight is 341 g/mol. The van der Waals surface area contributed by atoms with Crippen LogP contribution in [0.15, 0.2) is 18.2 Å². The van der Waals surface area contributed by atoms with E-state index in [2.05, 4.69) is 0 Å². The lowest BCUT2D eigenvalue weighted by Gasteiger charge is -2.34. The van der Waals surface area contributed by atoms with Crippen molar-refractivity contribution < 1.29 is 14.3 Å². The maximum atomic E-state index is 12.3. The Morgan fingerprint density at radius 3 is 2.96 bits per heavy atom. The topological polar surface area (TPSA) is 64.8 Å². The van der Waals surface area contributed by atoms with E-state index in [0.29, 0.717) is 17.5 Å². The molecule has 2 N–H and O–H groups in total. The smallest absolute Gasteiger partial charge is 0.241 e. The molecule has 1 aromatic carbocycles. The Morgan fingerprint density at radius 2 is 2.26 bits per heavy atom. The summed E-state index contributed by atoms with van der Waals surface area (Å²) in [6.07, 6.45) is 2.91. The highest BCUT2D eigenvalue weighted by Crippen LogP contribution is 2.28. The number of likely N-dealkylation sites (tertiary alicyclic amines) is 1. The summed E-state index contributed by atoms with van der Waals surface area (Å²) in [5.41, 5.74) is 6.95. The minimum Gasteiger partial charge on any atom is -0.496 e. The van der Waals surface area contributed by atoms with Crippen LogP contribution < -0.4 is 10.5 Å². The molecule has 1 amide bonds. The normalized spacial score (nSPS) is 19.5. The number of amides is 1. The molecule has 0 saturated carbocycles. The molecule has 1 aliphatic rings. The van der Waals surface area contributed by atoms with Crippen molar-refractivity contribution in [3.8, 4) is 5.75 Å². The molecule has 0 spiro atoms. The SMILES string of the molecule is COCC(N)C(=O)N1CCCC(Cc2cc(Cl)ccc2OC)C1. The molecule has 2 unspecified atom stereocenters. The van der Waals surface area contributed by atoms with Crippen LogP contribution in [0.2, 0.25) is 5.02 Å². The second-order valence-electron chi connectivity index (χ2n) is 6.01. The number of ether oxygens (including phenoxy) is 2. The number of nitrogens with zero attached hydrogens (tertiary/aromatic N) is 1. The van der Waals surface area contributed by atoms with Crippen molar-refractivity contribution in [3.05, 3.63) is 28.8 Å². The highest BCUT2D eigenvalue weighted by atomic mass is 35.5. The van der Waals surface area contributed by atoms with Crippen LogP contribution in [0, 0.1) is 5.92 Å². The van der Waals surface area contributed by atoms with Crippen LogP contribution in [0.3, 0.4) is 0 Å². The summed E-state index contributed by atoms with van der Waals surface area (Å²) in [5.74, 6) is 1.19. The standard InChI is InChI=1S/C17H25ClN2O3/c1-22-11-15(19)17(21)20-7-3-4-12(10-20)8-13-9-14(18)5-6-16(13)23-2/h5-6,9,12,15H,3-4,7-8,10-11,19H2,1-2H3. The van der Waals surface area contributed by atoms with Crippen LogP contribution >= 0.6 is 11.6 Å². The van der Waals surface area contributed by atoms with E-state index >= 15 is 0 Å². The molecule has 0 bridgehead atoms. The van der Waals surface area contributed by atoms with Gasteiger partial charge in [0.1, 0.15) is 11.8 Å². The number of halogens is 1. The van der Waals surface area contributed by atoms with Gasteiger partial charge in [0.2, 0.25) is 5.91 Å². The monoisotopic (exact) mass is 340 g/mol. The highest BCUT2D eigenvalue weighted by molar-refractivity contribution is 6.30. The molecule has 0 radical (unpaired) electrons. The summed E-state index contributed by atoms with van der Waals surface area (Å²) in [5, 5.41) is 0.701. The molecule has 0 aliphatic carbocycles. The number of nitrogens with two attached hydrogens (primary N) is 1. The fraction of sp³-hybridized carbons (Fsp3) is 0.588. The van der Waals surface area contributed by atoms with Gasteiger partial charge in [0.15, 0.2) is 0 Å². The minimum atomic E-state index is -0.584. The Balaban J connectivity index is 2.01. The second kappa shape index (κ2) is 8.52. The Morgan fingerprint density at radius 1 is 1.48 bits per heavy atom. The van der Waals surface area contributed by atoms with Gasteiger partial charge in [0.05, 0.1) is 13.7 Å². The average Bonchev–Trinajstić information content (AvgIpc) is 2.55. The van der Waals surface area contributed by atoms with E-state index in [1.54, 1.807) is 14.2 Å². The predicted molar refractivity (Wildman–Crippen MR) is 90.9 cm³/mol. The minimum absolute atomic E-state index is 0.0328. The van der Waals surface area contributed by atoms with E-state index in [1.165, 1.54) is 0 Å². The van der Waals surface area contributed by atoms with Crippen LogP contribution in [0.4, 0.5) is 0 Å². The van der Waals surface area contributed by atoms with Crippen molar-refractivity contribution in [1.82, 2.24) is 4.90 Å². The molecule has 6 heteroatoms. The zero-order chi connectivity index (χ0) is 16.8. The van der Waals surface area contributed by atoms with E-state index in [4.69, 9.17) is 26.8 Å². The van der Waals surface area contributed by atoms with Crippen molar-refractivity contribution in [2.75, 3.05) is 33.9 Å². The molecule has 23 heavy (non-hydrogen) atoms. The molecule has 1 heterocycles. The molecular weight excluding hydrogens is 316 g/mol. The van der Waals surface area contributed by atoms with Gasteiger partial charge >= 0.3 is 0 Å². The first-order valence-corrected chi connectivity index (χ1v) is 8.28. The molecule has 0 aromatic heterocycles. The fourth-order valence-corrected chi connectivity index (χ4v) is 3.33. The molecule has 2 rings (SSSR count). The van der Waals surface area contributed by atoms with Gasteiger partial charge in [-0.1, -0.05) is 11.6 Å². The molecule has 2 atom stereocenters. The number of hydrogen-bond donors (Lipinski definition) is 1.